The Hall–Kier alpha value is -1.55. The number of piperazine rings is 1. The van der Waals surface area contributed by atoms with Gasteiger partial charge in [-0.05, 0) is 19.5 Å². The van der Waals surface area contributed by atoms with Crippen LogP contribution in [0.5, 0.6) is 5.75 Å². The second-order valence-electron chi connectivity index (χ2n) is 4.92. The van der Waals surface area contributed by atoms with Crippen molar-refractivity contribution in [3.63, 3.8) is 0 Å². The number of carbonyl (C=O) groups excluding carboxylic acids is 1. The molecule has 3 aliphatic rings. The Morgan fingerprint density at radius 1 is 1.41 bits per heavy atom. The minimum absolute atomic E-state index is 0.0691. The van der Waals surface area contributed by atoms with Gasteiger partial charge in [-0.15, -0.1) is 0 Å². The van der Waals surface area contributed by atoms with Gasteiger partial charge in [-0.2, -0.15) is 0 Å². The summed E-state index contributed by atoms with van der Waals surface area (Å²) in [5.74, 6) is 0.464. The van der Waals surface area contributed by atoms with E-state index >= 15 is 0 Å². The molecule has 4 rings (SSSR count). The van der Waals surface area contributed by atoms with Gasteiger partial charge in [0.05, 0.1) is 6.04 Å². The molecular weight excluding hydrogens is 216 g/mol. The first-order valence-corrected chi connectivity index (χ1v) is 5.94. The average Bonchev–Trinajstić information content (AvgIpc) is 2.33. The van der Waals surface area contributed by atoms with Crippen LogP contribution in [0.3, 0.4) is 0 Å². The third-order valence-corrected chi connectivity index (χ3v) is 3.94. The zero-order valence-corrected chi connectivity index (χ0v) is 9.84. The number of phenols is 1. The lowest BCUT2D eigenvalue weighted by molar-refractivity contribution is -0.157. The molecule has 3 fully saturated rings. The monoisotopic (exact) mass is 232 g/mol. The number of aromatic hydroxyl groups is 1. The van der Waals surface area contributed by atoms with Gasteiger partial charge >= 0.3 is 0 Å². The Labute approximate surface area is 100 Å². The van der Waals surface area contributed by atoms with Crippen LogP contribution in [0.1, 0.15) is 12.0 Å². The van der Waals surface area contributed by atoms with Gasteiger partial charge in [-0.1, -0.05) is 18.2 Å². The number of amides is 1. The Morgan fingerprint density at radius 2 is 2.18 bits per heavy atom. The number of likely N-dealkylation sites (N-methyl/N-ethyl adjacent to an activating group) is 1. The summed E-state index contributed by atoms with van der Waals surface area (Å²) in [7, 11) is 2.01. The zero-order valence-electron chi connectivity index (χ0n) is 9.84. The average molecular weight is 232 g/mol. The quantitative estimate of drug-likeness (QED) is 0.820. The highest BCUT2D eigenvalue weighted by molar-refractivity contribution is 5.84. The van der Waals surface area contributed by atoms with Crippen LogP contribution >= 0.6 is 0 Å². The minimum Gasteiger partial charge on any atom is -0.508 e. The summed E-state index contributed by atoms with van der Waals surface area (Å²) >= 11 is 0. The van der Waals surface area contributed by atoms with E-state index in [0.29, 0.717) is 12.6 Å². The van der Waals surface area contributed by atoms with E-state index in [1.807, 2.05) is 24.1 Å². The highest BCUT2D eigenvalue weighted by Crippen LogP contribution is 2.32. The van der Waals surface area contributed by atoms with Crippen LogP contribution < -0.4 is 0 Å². The molecule has 1 aromatic carbocycles. The van der Waals surface area contributed by atoms with Crippen molar-refractivity contribution in [3.8, 4) is 5.75 Å². The first-order chi connectivity index (χ1) is 8.16. The van der Waals surface area contributed by atoms with Crippen LogP contribution in [0.4, 0.5) is 0 Å². The molecule has 3 heterocycles. The molecule has 2 unspecified atom stereocenters. The summed E-state index contributed by atoms with van der Waals surface area (Å²) in [5.41, 5.74) is 0.824. The standard InChI is InChI=1S/C13H16N2O2/c1-14-10-6-11(14)13(17)15(8-10)7-9-4-2-3-5-12(9)16/h2-5,10-11,16H,6-8H2,1H3. The summed E-state index contributed by atoms with van der Waals surface area (Å²) in [6.45, 7) is 1.30. The van der Waals surface area contributed by atoms with E-state index in [-0.39, 0.29) is 17.7 Å². The van der Waals surface area contributed by atoms with Crippen LogP contribution in [-0.4, -0.2) is 46.5 Å². The predicted molar refractivity (Wildman–Crippen MR) is 63.5 cm³/mol. The molecule has 2 bridgehead atoms. The largest absolute Gasteiger partial charge is 0.508 e. The van der Waals surface area contributed by atoms with Gasteiger partial charge in [0.2, 0.25) is 5.91 Å². The van der Waals surface area contributed by atoms with Gasteiger partial charge in [0.25, 0.3) is 0 Å². The molecule has 3 aliphatic heterocycles. The lowest BCUT2D eigenvalue weighted by Gasteiger charge is -2.53. The van der Waals surface area contributed by atoms with Crippen LogP contribution in [-0.2, 0) is 11.3 Å². The van der Waals surface area contributed by atoms with E-state index in [4.69, 9.17) is 0 Å². The van der Waals surface area contributed by atoms with Crippen LogP contribution in [0.15, 0.2) is 24.3 Å². The van der Waals surface area contributed by atoms with Crippen molar-refractivity contribution in [1.82, 2.24) is 9.80 Å². The Kier molecular flexibility index (Phi) is 2.33. The van der Waals surface area contributed by atoms with E-state index in [9.17, 15) is 9.90 Å². The number of fused-ring (bicyclic) bond motifs is 2. The molecule has 4 nitrogen and oxygen atoms in total. The van der Waals surface area contributed by atoms with E-state index in [2.05, 4.69) is 4.90 Å². The molecular formula is C13H16N2O2. The fourth-order valence-corrected chi connectivity index (χ4v) is 2.73. The van der Waals surface area contributed by atoms with Gasteiger partial charge in [0.15, 0.2) is 0 Å². The predicted octanol–water partition coefficient (Wildman–Crippen LogP) is 0.807. The fraction of sp³-hybridized carbons (Fsp3) is 0.462. The Bertz CT molecular complexity index is 460. The van der Waals surface area contributed by atoms with E-state index in [0.717, 1.165) is 18.5 Å². The molecule has 1 aromatic rings. The SMILES string of the molecule is CN1C2CC1C(=O)N(Cc1ccccc1O)C2. The Morgan fingerprint density at radius 3 is 2.82 bits per heavy atom. The minimum atomic E-state index is 0.0691. The highest BCUT2D eigenvalue weighted by Gasteiger charge is 2.47. The van der Waals surface area contributed by atoms with E-state index in [1.165, 1.54) is 0 Å². The van der Waals surface area contributed by atoms with Crippen molar-refractivity contribution in [3.05, 3.63) is 29.8 Å². The van der Waals surface area contributed by atoms with E-state index in [1.54, 1.807) is 12.1 Å². The number of piperidine rings is 1. The van der Waals surface area contributed by atoms with Gasteiger partial charge in [-0.25, -0.2) is 0 Å². The maximum Gasteiger partial charge on any atom is 0.240 e. The fourth-order valence-electron chi connectivity index (χ4n) is 2.73. The molecule has 3 saturated heterocycles. The van der Waals surface area contributed by atoms with Crippen molar-refractivity contribution in [2.75, 3.05) is 13.6 Å². The second kappa shape index (κ2) is 3.74. The number of hydrogen-bond acceptors (Lipinski definition) is 3. The van der Waals surface area contributed by atoms with Crippen molar-refractivity contribution in [2.24, 2.45) is 0 Å². The van der Waals surface area contributed by atoms with E-state index < -0.39 is 0 Å². The van der Waals surface area contributed by atoms with Crippen LogP contribution in [0.25, 0.3) is 0 Å². The van der Waals surface area contributed by atoms with Gasteiger partial charge in [-0.3, -0.25) is 9.69 Å². The molecule has 0 aliphatic carbocycles. The smallest absolute Gasteiger partial charge is 0.240 e. The second-order valence-corrected chi connectivity index (χ2v) is 4.92. The summed E-state index contributed by atoms with van der Waals surface area (Å²) in [6, 6.07) is 7.78. The number of nitrogens with zero attached hydrogens (tertiary/aromatic N) is 2. The molecule has 1 N–H and O–H groups in total. The number of rotatable bonds is 2. The molecule has 1 amide bonds. The van der Waals surface area contributed by atoms with Crippen molar-refractivity contribution >= 4 is 5.91 Å². The first kappa shape index (κ1) is 10.6. The zero-order chi connectivity index (χ0) is 12.0. The molecule has 0 spiro atoms. The molecule has 2 atom stereocenters. The molecule has 90 valence electrons. The summed E-state index contributed by atoms with van der Waals surface area (Å²) in [4.78, 5) is 16.1. The number of para-hydroxylation sites is 1. The van der Waals surface area contributed by atoms with Gasteiger partial charge in [0.1, 0.15) is 5.75 Å². The number of benzene rings is 1. The topological polar surface area (TPSA) is 43.8 Å². The van der Waals surface area contributed by atoms with Crippen molar-refractivity contribution in [1.29, 1.82) is 0 Å². The first-order valence-electron chi connectivity index (χ1n) is 5.94. The maximum absolute atomic E-state index is 12.1. The lowest BCUT2D eigenvalue weighted by atomic mass is 9.87. The molecule has 17 heavy (non-hydrogen) atoms. The summed E-state index contributed by atoms with van der Waals surface area (Å²) < 4.78 is 0. The number of phenolic OH excluding ortho intramolecular Hbond substituents is 1. The summed E-state index contributed by atoms with van der Waals surface area (Å²) in [6.07, 6.45) is 0.993. The van der Waals surface area contributed by atoms with Crippen molar-refractivity contribution in [2.45, 2.75) is 25.0 Å². The normalized spacial score (nSPS) is 28.1. The van der Waals surface area contributed by atoms with Gasteiger partial charge < -0.3 is 10.0 Å². The molecule has 0 saturated carbocycles. The lowest BCUT2D eigenvalue weighted by Crippen LogP contribution is -2.69. The van der Waals surface area contributed by atoms with Crippen LogP contribution in [0, 0.1) is 0 Å². The molecule has 0 radical (unpaired) electrons. The Balaban J connectivity index is 1.75. The van der Waals surface area contributed by atoms with Crippen molar-refractivity contribution < 1.29 is 9.90 Å². The van der Waals surface area contributed by atoms with Gasteiger partial charge in [0, 0.05) is 24.7 Å². The third-order valence-electron chi connectivity index (χ3n) is 3.94. The maximum atomic E-state index is 12.1. The molecule has 4 heteroatoms. The molecule has 0 aromatic heterocycles. The van der Waals surface area contributed by atoms with Crippen LogP contribution in [0.2, 0.25) is 0 Å². The number of hydrogen-bond donors (Lipinski definition) is 1. The third kappa shape index (κ3) is 1.60. The summed E-state index contributed by atoms with van der Waals surface area (Å²) in [5, 5.41) is 9.71. The number of carbonyl (C=O) groups is 1. The highest BCUT2D eigenvalue weighted by atomic mass is 16.3.